The second-order valence-corrected chi connectivity index (χ2v) is 5.51. The molecule has 0 fully saturated rings. The zero-order chi connectivity index (χ0) is 18.4. The average Bonchev–Trinajstić information content (AvgIpc) is 3.15. The predicted octanol–water partition coefficient (Wildman–Crippen LogP) is 2.28. The van der Waals surface area contributed by atoms with E-state index >= 15 is 0 Å². The molecule has 0 aliphatic heterocycles. The Morgan fingerprint density at radius 3 is 2.27 bits per heavy atom. The van der Waals surface area contributed by atoms with E-state index in [9.17, 15) is 4.79 Å². The number of benzene rings is 2. The predicted molar refractivity (Wildman–Crippen MR) is 96.9 cm³/mol. The Balaban J connectivity index is 1.98. The van der Waals surface area contributed by atoms with Gasteiger partial charge in [-0.15, -0.1) is 5.10 Å². The molecule has 3 aromatic rings. The number of carbonyl (C=O) groups excluding carboxylic acids is 1. The molecular formula is C19H20N4O3. The molecule has 3 rings (SSSR count). The van der Waals surface area contributed by atoms with E-state index in [0.29, 0.717) is 5.69 Å². The number of amides is 1. The number of hydrogen-bond donors (Lipinski definition) is 1. The maximum absolute atomic E-state index is 12.7. The molecule has 1 heterocycles. The maximum atomic E-state index is 12.7. The van der Waals surface area contributed by atoms with Crippen molar-refractivity contribution < 1.29 is 14.3 Å². The van der Waals surface area contributed by atoms with Crippen LogP contribution >= 0.6 is 0 Å². The van der Waals surface area contributed by atoms with E-state index in [-0.39, 0.29) is 18.1 Å². The monoisotopic (exact) mass is 352 g/mol. The van der Waals surface area contributed by atoms with Crippen molar-refractivity contribution in [1.29, 1.82) is 0 Å². The van der Waals surface area contributed by atoms with Gasteiger partial charge in [-0.05, 0) is 12.1 Å². The summed E-state index contributed by atoms with van der Waals surface area (Å²) in [6, 6.07) is 19.1. The van der Waals surface area contributed by atoms with E-state index in [0.717, 1.165) is 11.3 Å². The third-order valence-corrected chi connectivity index (χ3v) is 3.89. The lowest BCUT2D eigenvalue weighted by Crippen LogP contribution is -2.34. The van der Waals surface area contributed by atoms with Crippen molar-refractivity contribution in [3.05, 3.63) is 66.4 Å². The van der Waals surface area contributed by atoms with Crippen LogP contribution < -0.4 is 5.32 Å². The number of carbonyl (C=O) groups is 1. The van der Waals surface area contributed by atoms with Crippen LogP contribution in [0.5, 0.6) is 0 Å². The number of hydrogen-bond acceptors (Lipinski definition) is 5. The summed E-state index contributed by atoms with van der Waals surface area (Å²) in [7, 11) is 3.03. The molecule has 7 nitrogen and oxygen atoms in total. The summed E-state index contributed by atoms with van der Waals surface area (Å²) in [4.78, 5) is 12.7. The molecule has 134 valence electrons. The fourth-order valence-electron chi connectivity index (χ4n) is 2.56. The van der Waals surface area contributed by atoms with Crippen LogP contribution in [0.15, 0.2) is 60.7 Å². The molecule has 26 heavy (non-hydrogen) atoms. The van der Waals surface area contributed by atoms with Gasteiger partial charge in [0.2, 0.25) is 0 Å². The Morgan fingerprint density at radius 1 is 1.04 bits per heavy atom. The van der Waals surface area contributed by atoms with Crippen LogP contribution in [0.25, 0.3) is 16.9 Å². The molecule has 7 heteroatoms. The van der Waals surface area contributed by atoms with Crippen LogP contribution in [-0.2, 0) is 9.47 Å². The lowest BCUT2D eigenvalue weighted by atomic mass is 10.1. The van der Waals surface area contributed by atoms with Crippen molar-refractivity contribution in [2.45, 2.75) is 6.29 Å². The van der Waals surface area contributed by atoms with Crippen LogP contribution in [0.4, 0.5) is 0 Å². The standard InChI is InChI=1S/C19H20N4O3/c1-25-16(26-2)13-20-19(24)17-18(14-9-5-3-6-10-14)23(22-21-17)15-11-7-4-8-12-15/h3-12,16H,13H2,1-2H3,(H,20,24). The highest BCUT2D eigenvalue weighted by molar-refractivity contribution is 5.98. The van der Waals surface area contributed by atoms with E-state index in [1.54, 1.807) is 4.68 Å². The normalized spacial score (nSPS) is 10.9. The quantitative estimate of drug-likeness (QED) is 0.660. The van der Waals surface area contributed by atoms with E-state index in [4.69, 9.17) is 9.47 Å². The first kappa shape index (κ1) is 17.8. The van der Waals surface area contributed by atoms with Gasteiger partial charge in [-0.3, -0.25) is 4.79 Å². The number of nitrogens with one attached hydrogen (secondary N) is 1. The number of ether oxygens (including phenoxy) is 2. The summed E-state index contributed by atoms with van der Waals surface area (Å²) in [5.74, 6) is -0.342. The number of methoxy groups -OCH3 is 2. The lowest BCUT2D eigenvalue weighted by molar-refractivity contribution is -0.0974. The summed E-state index contributed by atoms with van der Waals surface area (Å²) < 4.78 is 11.9. The van der Waals surface area contributed by atoms with Crippen LogP contribution in [0.3, 0.4) is 0 Å². The molecular weight excluding hydrogens is 332 g/mol. The van der Waals surface area contributed by atoms with E-state index in [1.165, 1.54) is 14.2 Å². The molecule has 2 aromatic carbocycles. The Morgan fingerprint density at radius 2 is 1.65 bits per heavy atom. The molecule has 1 aromatic heterocycles. The first-order chi connectivity index (χ1) is 12.7. The van der Waals surface area contributed by atoms with Gasteiger partial charge in [-0.1, -0.05) is 53.7 Å². The van der Waals surface area contributed by atoms with Crippen molar-refractivity contribution >= 4 is 5.91 Å². The Labute approximate surface area is 151 Å². The highest BCUT2D eigenvalue weighted by atomic mass is 16.7. The van der Waals surface area contributed by atoms with E-state index in [1.807, 2.05) is 60.7 Å². The van der Waals surface area contributed by atoms with Crippen molar-refractivity contribution in [3.8, 4) is 16.9 Å². The third-order valence-electron chi connectivity index (χ3n) is 3.89. The highest BCUT2D eigenvalue weighted by Crippen LogP contribution is 2.25. The minimum absolute atomic E-state index is 0.207. The molecule has 0 unspecified atom stereocenters. The zero-order valence-corrected chi connectivity index (χ0v) is 14.6. The van der Waals surface area contributed by atoms with Gasteiger partial charge in [0, 0.05) is 19.8 Å². The second kappa shape index (κ2) is 8.37. The van der Waals surface area contributed by atoms with Gasteiger partial charge in [0.15, 0.2) is 12.0 Å². The zero-order valence-electron chi connectivity index (χ0n) is 14.6. The molecule has 0 saturated heterocycles. The molecule has 0 aliphatic carbocycles. The van der Waals surface area contributed by atoms with E-state index in [2.05, 4.69) is 15.6 Å². The molecule has 0 bridgehead atoms. The van der Waals surface area contributed by atoms with Crippen molar-refractivity contribution in [2.24, 2.45) is 0 Å². The van der Waals surface area contributed by atoms with Crippen LogP contribution in [0.1, 0.15) is 10.5 Å². The van der Waals surface area contributed by atoms with Gasteiger partial charge in [0.25, 0.3) is 5.91 Å². The fourth-order valence-corrected chi connectivity index (χ4v) is 2.56. The Hall–Kier alpha value is -3.03. The largest absolute Gasteiger partial charge is 0.354 e. The minimum atomic E-state index is -0.525. The summed E-state index contributed by atoms with van der Waals surface area (Å²) in [5.41, 5.74) is 2.54. The second-order valence-electron chi connectivity index (χ2n) is 5.51. The van der Waals surface area contributed by atoms with Crippen LogP contribution in [0, 0.1) is 0 Å². The van der Waals surface area contributed by atoms with Gasteiger partial charge in [-0.2, -0.15) is 0 Å². The number of para-hydroxylation sites is 1. The first-order valence-electron chi connectivity index (χ1n) is 8.15. The van der Waals surface area contributed by atoms with Crippen molar-refractivity contribution in [1.82, 2.24) is 20.3 Å². The van der Waals surface area contributed by atoms with Crippen molar-refractivity contribution in [3.63, 3.8) is 0 Å². The number of aromatic nitrogens is 3. The molecule has 0 saturated carbocycles. The highest BCUT2D eigenvalue weighted by Gasteiger charge is 2.22. The van der Waals surface area contributed by atoms with Gasteiger partial charge in [-0.25, -0.2) is 4.68 Å². The molecule has 0 radical (unpaired) electrons. The summed E-state index contributed by atoms with van der Waals surface area (Å²) in [6.07, 6.45) is -0.525. The van der Waals surface area contributed by atoms with Crippen LogP contribution in [0.2, 0.25) is 0 Å². The van der Waals surface area contributed by atoms with Crippen LogP contribution in [-0.4, -0.2) is 48.0 Å². The summed E-state index contributed by atoms with van der Waals surface area (Å²) >= 11 is 0. The molecule has 0 spiro atoms. The molecule has 1 amide bonds. The molecule has 1 N–H and O–H groups in total. The van der Waals surface area contributed by atoms with E-state index < -0.39 is 6.29 Å². The smallest absolute Gasteiger partial charge is 0.274 e. The first-order valence-corrected chi connectivity index (χ1v) is 8.15. The molecule has 0 aliphatic rings. The van der Waals surface area contributed by atoms with Gasteiger partial charge >= 0.3 is 0 Å². The topological polar surface area (TPSA) is 78.3 Å². The molecule has 0 atom stereocenters. The average molecular weight is 352 g/mol. The number of nitrogens with zero attached hydrogens (tertiary/aromatic N) is 3. The van der Waals surface area contributed by atoms with Gasteiger partial charge < -0.3 is 14.8 Å². The lowest BCUT2D eigenvalue weighted by Gasteiger charge is -2.14. The number of rotatable bonds is 7. The fraction of sp³-hybridized carbons (Fsp3) is 0.211. The Bertz CT molecular complexity index is 846. The van der Waals surface area contributed by atoms with Gasteiger partial charge in [0.05, 0.1) is 12.2 Å². The third kappa shape index (κ3) is 3.79. The SMILES string of the molecule is COC(CNC(=O)c1nnn(-c2ccccc2)c1-c1ccccc1)OC. The summed E-state index contributed by atoms with van der Waals surface area (Å²) in [6.45, 7) is 0.207. The van der Waals surface area contributed by atoms with Crippen molar-refractivity contribution in [2.75, 3.05) is 20.8 Å². The maximum Gasteiger partial charge on any atom is 0.274 e. The van der Waals surface area contributed by atoms with Gasteiger partial charge in [0.1, 0.15) is 5.69 Å². The Kier molecular flexibility index (Phi) is 5.73. The summed E-state index contributed by atoms with van der Waals surface area (Å²) in [5, 5.41) is 11.1. The minimum Gasteiger partial charge on any atom is -0.354 e.